The van der Waals surface area contributed by atoms with Gasteiger partial charge in [0, 0.05) is 12.1 Å². The molecule has 1 unspecified atom stereocenters. The Morgan fingerprint density at radius 1 is 1.00 bits per heavy atom. The largest absolute Gasteiger partial charge is 0.497 e. The third-order valence-electron chi connectivity index (χ3n) is 4.34. The number of ether oxygens (including phenoxy) is 1. The van der Waals surface area contributed by atoms with Crippen LogP contribution in [0.15, 0.2) is 48.5 Å². The fourth-order valence-corrected chi connectivity index (χ4v) is 2.61. The Kier molecular flexibility index (Phi) is 7.25. The summed E-state index contributed by atoms with van der Waals surface area (Å²) in [5.74, 6) is -0.404. The fraction of sp³-hybridized carbons (Fsp3) is 0.333. The van der Waals surface area contributed by atoms with E-state index in [1.54, 1.807) is 38.1 Å². The SMILES string of the molecule is COc1ccc(C(=O)NC(C(=O)NCc2ccc(C(F)(F)F)cc2)C(C)C)cc1. The van der Waals surface area contributed by atoms with E-state index in [0.717, 1.165) is 12.1 Å². The molecule has 156 valence electrons. The van der Waals surface area contributed by atoms with Crippen molar-refractivity contribution in [2.24, 2.45) is 5.92 Å². The Labute approximate surface area is 167 Å². The second kappa shape index (κ2) is 9.45. The predicted octanol–water partition coefficient (Wildman–Crippen LogP) is 3.78. The van der Waals surface area contributed by atoms with Crippen LogP contribution < -0.4 is 15.4 Å². The van der Waals surface area contributed by atoms with Crippen molar-refractivity contribution < 1.29 is 27.5 Å². The highest BCUT2D eigenvalue weighted by atomic mass is 19.4. The highest BCUT2D eigenvalue weighted by molar-refractivity contribution is 5.97. The molecule has 1 atom stereocenters. The number of carbonyl (C=O) groups excluding carboxylic acids is 2. The maximum atomic E-state index is 12.6. The van der Waals surface area contributed by atoms with E-state index in [1.165, 1.54) is 19.2 Å². The van der Waals surface area contributed by atoms with Gasteiger partial charge < -0.3 is 15.4 Å². The number of alkyl halides is 3. The summed E-state index contributed by atoms with van der Waals surface area (Å²) in [6.45, 7) is 3.63. The number of hydrogen-bond donors (Lipinski definition) is 2. The van der Waals surface area contributed by atoms with Crippen molar-refractivity contribution in [2.45, 2.75) is 32.6 Å². The smallest absolute Gasteiger partial charge is 0.416 e. The van der Waals surface area contributed by atoms with Crippen molar-refractivity contribution in [1.29, 1.82) is 0 Å². The van der Waals surface area contributed by atoms with Crippen molar-refractivity contribution in [2.75, 3.05) is 7.11 Å². The summed E-state index contributed by atoms with van der Waals surface area (Å²) in [5, 5.41) is 5.35. The molecule has 2 aromatic rings. The average Bonchev–Trinajstić information content (AvgIpc) is 2.69. The first kappa shape index (κ1) is 22.3. The van der Waals surface area contributed by atoms with Crippen LogP contribution >= 0.6 is 0 Å². The Bertz CT molecular complexity index is 832. The van der Waals surface area contributed by atoms with Gasteiger partial charge in [-0.05, 0) is 47.9 Å². The molecule has 0 spiro atoms. The number of benzene rings is 2. The monoisotopic (exact) mass is 408 g/mol. The van der Waals surface area contributed by atoms with Gasteiger partial charge in [0.2, 0.25) is 5.91 Å². The molecule has 0 aliphatic heterocycles. The van der Waals surface area contributed by atoms with Crippen LogP contribution in [0.4, 0.5) is 13.2 Å². The van der Waals surface area contributed by atoms with Crippen LogP contribution in [0.3, 0.4) is 0 Å². The standard InChI is InChI=1S/C21H23F3N2O3/c1-13(2)18(26-19(27)15-6-10-17(29-3)11-7-15)20(28)25-12-14-4-8-16(9-5-14)21(22,23)24/h4-11,13,18H,12H2,1-3H3,(H,25,28)(H,26,27). The summed E-state index contributed by atoms with van der Waals surface area (Å²) in [7, 11) is 1.52. The molecule has 8 heteroatoms. The molecule has 0 aliphatic carbocycles. The van der Waals surface area contributed by atoms with Crippen LogP contribution in [0.1, 0.15) is 35.3 Å². The molecule has 0 bridgehead atoms. The minimum absolute atomic E-state index is 0.0542. The molecule has 29 heavy (non-hydrogen) atoms. The van der Waals surface area contributed by atoms with E-state index in [1.807, 2.05) is 0 Å². The van der Waals surface area contributed by atoms with E-state index >= 15 is 0 Å². The molecule has 0 aliphatic rings. The van der Waals surface area contributed by atoms with Gasteiger partial charge in [-0.1, -0.05) is 26.0 Å². The quantitative estimate of drug-likeness (QED) is 0.733. The van der Waals surface area contributed by atoms with Crippen molar-refractivity contribution in [1.82, 2.24) is 10.6 Å². The van der Waals surface area contributed by atoms with Crippen LogP contribution in [0.25, 0.3) is 0 Å². The summed E-state index contributed by atoms with van der Waals surface area (Å²) in [6, 6.07) is 10.2. The van der Waals surface area contributed by atoms with Gasteiger partial charge in [0.15, 0.2) is 0 Å². The van der Waals surface area contributed by atoms with Gasteiger partial charge in [-0.15, -0.1) is 0 Å². The zero-order chi connectivity index (χ0) is 21.6. The second-order valence-electron chi connectivity index (χ2n) is 6.84. The fourth-order valence-electron chi connectivity index (χ4n) is 2.61. The number of rotatable bonds is 7. The maximum Gasteiger partial charge on any atom is 0.416 e. The van der Waals surface area contributed by atoms with E-state index < -0.39 is 29.6 Å². The highest BCUT2D eigenvalue weighted by Gasteiger charge is 2.30. The molecule has 0 fully saturated rings. The Balaban J connectivity index is 1.98. The third-order valence-corrected chi connectivity index (χ3v) is 4.34. The molecule has 2 aromatic carbocycles. The molecular formula is C21H23F3N2O3. The molecule has 0 heterocycles. The second-order valence-corrected chi connectivity index (χ2v) is 6.84. The zero-order valence-corrected chi connectivity index (χ0v) is 16.3. The van der Waals surface area contributed by atoms with Gasteiger partial charge in [-0.3, -0.25) is 9.59 Å². The minimum Gasteiger partial charge on any atom is -0.497 e. The van der Waals surface area contributed by atoms with E-state index in [-0.39, 0.29) is 12.5 Å². The Morgan fingerprint density at radius 3 is 2.07 bits per heavy atom. The number of hydrogen-bond acceptors (Lipinski definition) is 3. The molecule has 0 saturated carbocycles. The average molecular weight is 408 g/mol. The number of halogens is 3. The van der Waals surface area contributed by atoms with Crippen LogP contribution in [0, 0.1) is 5.92 Å². The summed E-state index contributed by atoms with van der Waals surface area (Å²) >= 11 is 0. The first-order valence-electron chi connectivity index (χ1n) is 9.00. The summed E-state index contributed by atoms with van der Waals surface area (Å²) in [6.07, 6.45) is -4.41. The first-order chi connectivity index (χ1) is 13.6. The predicted molar refractivity (Wildman–Crippen MR) is 102 cm³/mol. The topological polar surface area (TPSA) is 67.4 Å². The van der Waals surface area contributed by atoms with E-state index in [0.29, 0.717) is 16.9 Å². The first-order valence-corrected chi connectivity index (χ1v) is 9.00. The van der Waals surface area contributed by atoms with Crippen LogP contribution in [-0.2, 0) is 17.5 Å². The molecule has 0 aromatic heterocycles. The highest BCUT2D eigenvalue weighted by Crippen LogP contribution is 2.29. The van der Waals surface area contributed by atoms with Crippen molar-refractivity contribution in [3.8, 4) is 5.75 Å². The van der Waals surface area contributed by atoms with Gasteiger partial charge in [0.1, 0.15) is 11.8 Å². The number of amides is 2. The molecule has 2 rings (SSSR count). The van der Waals surface area contributed by atoms with Gasteiger partial charge in [0.25, 0.3) is 5.91 Å². The summed E-state index contributed by atoms with van der Waals surface area (Å²) < 4.78 is 42.9. The van der Waals surface area contributed by atoms with Gasteiger partial charge in [-0.2, -0.15) is 13.2 Å². The molecule has 0 radical (unpaired) electrons. The van der Waals surface area contributed by atoms with E-state index in [9.17, 15) is 22.8 Å². The van der Waals surface area contributed by atoms with Crippen molar-refractivity contribution in [3.63, 3.8) is 0 Å². The minimum atomic E-state index is -4.41. The third kappa shape index (κ3) is 6.23. The van der Waals surface area contributed by atoms with Crippen molar-refractivity contribution >= 4 is 11.8 Å². The van der Waals surface area contributed by atoms with Crippen LogP contribution in [0.2, 0.25) is 0 Å². The lowest BCUT2D eigenvalue weighted by atomic mass is 10.0. The number of carbonyl (C=O) groups is 2. The van der Waals surface area contributed by atoms with E-state index in [4.69, 9.17) is 4.74 Å². The lowest BCUT2D eigenvalue weighted by Gasteiger charge is -2.22. The van der Waals surface area contributed by atoms with Gasteiger partial charge >= 0.3 is 6.18 Å². The zero-order valence-electron chi connectivity index (χ0n) is 16.3. The Morgan fingerprint density at radius 2 is 1.59 bits per heavy atom. The van der Waals surface area contributed by atoms with Gasteiger partial charge in [0.05, 0.1) is 12.7 Å². The summed E-state index contributed by atoms with van der Waals surface area (Å²) in [4.78, 5) is 25.0. The normalized spacial score (nSPS) is 12.4. The molecule has 2 amide bonds. The lowest BCUT2D eigenvalue weighted by Crippen LogP contribution is -2.49. The number of nitrogens with one attached hydrogen (secondary N) is 2. The van der Waals surface area contributed by atoms with E-state index in [2.05, 4.69) is 10.6 Å². The molecule has 2 N–H and O–H groups in total. The maximum absolute atomic E-state index is 12.6. The van der Waals surface area contributed by atoms with Crippen molar-refractivity contribution in [3.05, 3.63) is 65.2 Å². The Hall–Kier alpha value is -3.03. The molecule has 5 nitrogen and oxygen atoms in total. The molecular weight excluding hydrogens is 385 g/mol. The van der Waals surface area contributed by atoms with Crippen LogP contribution in [0.5, 0.6) is 5.75 Å². The molecule has 0 saturated heterocycles. The number of methoxy groups -OCH3 is 1. The van der Waals surface area contributed by atoms with Crippen LogP contribution in [-0.4, -0.2) is 25.0 Å². The summed E-state index contributed by atoms with van der Waals surface area (Å²) in [5.41, 5.74) is 0.154. The van der Waals surface area contributed by atoms with Gasteiger partial charge in [-0.25, -0.2) is 0 Å². The lowest BCUT2D eigenvalue weighted by molar-refractivity contribution is -0.137.